The molecular formula is C18H29N. The Kier molecular flexibility index (Phi) is 5.45. The van der Waals surface area contributed by atoms with E-state index in [4.69, 9.17) is 0 Å². The van der Waals surface area contributed by atoms with Gasteiger partial charge in [0.2, 0.25) is 0 Å². The van der Waals surface area contributed by atoms with Crippen molar-refractivity contribution in [2.75, 3.05) is 13.1 Å². The van der Waals surface area contributed by atoms with Crippen LogP contribution < -0.4 is 5.32 Å². The number of hydrogen-bond acceptors (Lipinski definition) is 1. The van der Waals surface area contributed by atoms with Gasteiger partial charge in [-0.15, -0.1) is 0 Å². The monoisotopic (exact) mass is 259 g/mol. The number of benzene rings is 1. The van der Waals surface area contributed by atoms with E-state index >= 15 is 0 Å². The average molecular weight is 259 g/mol. The number of hydrogen-bond donors (Lipinski definition) is 1. The normalized spacial score (nSPS) is 17.2. The highest BCUT2D eigenvalue weighted by Gasteiger charge is 2.37. The van der Waals surface area contributed by atoms with Crippen LogP contribution >= 0.6 is 0 Å². The third kappa shape index (κ3) is 3.82. The van der Waals surface area contributed by atoms with Gasteiger partial charge in [0.05, 0.1) is 0 Å². The van der Waals surface area contributed by atoms with Crippen molar-refractivity contribution >= 4 is 0 Å². The van der Waals surface area contributed by atoms with Gasteiger partial charge >= 0.3 is 0 Å². The zero-order valence-electron chi connectivity index (χ0n) is 12.7. The molecule has 19 heavy (non-hydrogen) atoms. The smallest absolute Gasteiger partial charge is 0.0202 e. The Bertz CT molecular complexity index is 379. The largest absolute Gasteiger partial charge is 0.315 e. The summed E-state index contributed by atoms with van der Waals surface area (Å²) in [5, 5.41) is 3.48. The second kappa shape index (κ2) is 7.09. The molecule has 1 heteroatoms. The van der Waals surface area contributed by atoms with Crippen molar-refractivity contribution in [3.05, 3.63) is 35.4 Å². The fourth-order valence-electron chi connectivity index (χ4n) is 3.17. The predicted octanol–water partition coefficient (Wildman–Crippen LogP) is 4.59. The summed E-state index contributed by atoms with van der Waals surface area (Å²) >= 11 is 0. The minimum absolute atomic E-state index is 0.441. The molecule has 0 unspecified atom stereocenters. The van der Waals surface area contributed by atoms with E-state index in [0.717, 1.165) is 0 Å². The Balaban J connectivity index is 1.82. The summed E-state index contributed by atoms with van der Waals surface area (Å²) in [6, 6.07) is 9.13. The van der Waals surface area contributed by atoms with Crippen LogP contribution in [-0.2, 0) is 5.41 Å². The Hall–Kier alpha value is -0.820. The van der Waals surface area contributed by atoms with E-state index in [9.17, 15) is 0 Å². The van der Waals surface area contributed by atoms with Crippen LogP contribution in [0, 0.1) is 6.92 Å². The molecule has 0 radical (unpaired) electrons. The zero-order chi connectivity index (χ0) is 13.6. The fourth-order valence-corrected chi connectivity index (χ4v) is 3.17. The molecule has 1 saturated heterocycles. The highest BCUT2D eigenvalue weighted by molar-refractivity contribution is 5.32. The lowest BCUT2D eigenvalue weighted by Gasteiger charge is -2.43. The van der Waals surface area contributed by atoms with E-state index in [1.807, 2.05) is 0 Å². The highest BCUT2D eigenvalue weighted by Crippen LogP contribution is 2.34. The molecule has 1 heterocycles. The quantitative estimate of drug-likeness (QED) is 0.673. The van der Waals surface area contributed by atoms with Gasteiger partial charge in [-0.05, 0) is 18.9 Å². The van der Waals surface area contributed by atoms with Crippen LogP contribution in [0.5, 0.6) is 0 Å². The number of nitrogens with one attached hydrogen (secondary N) is 1. The average Bonchev–Trinajstić information content (AvgIpc) is 2.36. The third-order valence-corrected chi connectivity index (χ3v) is 4.57. The molecule has 0 aromatic heterocycles. The summed E-state index contributed by atoms with van der Waals surface area (Å²) in [5.74, 6) is 0. The van der Waals surface area contributed by atoms with Crippen LogP contribution in [0.2, 0.25) is 0 Å². The van der Waals surface area contributed by atoms with Gasteiger partial charge in [0.25, 0.3) is 0 Å². The number of aryl methyl sites for hydroxylation is 1. The van der Waals surface area contributed by atoms with E-state index in [1.54, 1.807) is 5.56 Å². The van der Waals surface area contributed by atoms with Gasteiger partial charge in [-0.2, -0.15) is 0 Å². The van der Waals surface area contributed by atoms with Crippen LogP contribution in [0.1, 0.15) is 63.0 Å². The van der Waals surface area contributed by atoms with E-state index in [0.29, 0.717) is 5.41 Å². The Morgan fingerprint density at radius 1 is 1.05 bits per heavy atom. The first-order valence-electron chi connectivity index (χ1n) is 8.05. The first kappa shape index (κ1) is 14.6. The van der Waals surface area contributed by atoms with Crippen LogP contribution in [-0.4, -0.2) is 13.1 Å². The minimum atomic E-state index is 0.441. The molecule has 106 valence electrons. The number of unbranched alkanes of at least 4 members (excludes halogenated alkanes) is 5. The van der Waals surface area contributed by atoms with Crippen molar-refractivity contribution in [2.24, 2.45) is 0 Å². The Labute approximate surface area is 118 Å². The SMILES string of the molecule is CCCCCCCCC1(c2cccc(C)c2)CNC1. The van der Waals surface area contributed by atoms with Crippen molar-refractivity contribution in [3.63, 3.8) is 0 Å². The minimum Gasteiger partial charge on any atom is -0.315 e. The molecule has 1 aromatic rings. The topological polar surface area (TPSA) is 12.0 Å². The van der Waals surface area contributed by atoms with Gasteiger partial charge in [0.1, 0.15) is 0 Å². The Morgan fingerprint density at radius 3 is 2.42 bits per heavy atom. The van der Waals surface area contributed by atoms with Gasteiger partial charge in [-0.1, -0.05) is 75.3 Å². The molecule has 1 aliphatic rings. The first-order chi connectivity index (χ1) is 9.27. The van der Waals surface area contributed by atoms with Gasteiger partial charge in [-0.3, -0.25) is 0 Å². The molecule has 1 N–H and O–H groups in total. The number of rotatable bonds is 8. The van der Waals surface area contributed by atoms with E-state index in [1.165, 1.54) is 63.6 Å². The van der Waals surface area contributed by atoms with Crippen molar-refractivity contribution in [1.29, 1.82) is 0 Å². The maximum absolute atomic E-state index is 3.48. The van der Waals surface area contributed by atoms with Crippen LogP contribution in [0.15, 0.2) is 24.3 Å². The van der Waals surface area contributed by atoms with Gasteiger partial charge in [-0.25, -0.2) is 0 Å². The molecule has 1 nitrogen and oxygen atoms in total. The fraction of sp³-hybridized carbons (Fsp3) is 0.667. The second-order valence-corrected chi connectivity index (χ2v) is 6.27. The summed E-state index contributed by atoms with van der Waals surface area (Å²) in [6.45, 7) is 6.83. The Morgan fingerprint density at radius 2 is 1.79 bits per heavy atom. The van der Waals surface area contributed by atoms with Crippen molar-refractivity contribution in [1.82, 2.24) is 5.32 Å². The molecule has 0 amide bonds. The summed E-state index contributed by atoms with van der Waals surface area (Å²) in [4.78, 5) is 0. The van der Waals surface area contributed by atoms with Gasteiger partial charge in [0, 0.05) is 18.5 Å². The standard InChI is InChI=1S/C18H29N/c1-3-4-5-6-7-8-12-18(14-19-15-18)17-11-9-10-16(2)13-17/h9-11,13,19H,3-8,12,14-15H2,1-2H3. The summed E-state index contributed by atoms with van der Waals surface area (Å²) in [7, 11) is 0. The van der Waals surface area contributed by atoms with Gasteiger partial charge in [0.15, 0.2) is 0 Å². The van der Waals surface area contributed by atoms with Crippen LogP contribution in [0.4, 0.5) is 0 Å². The molecule has 1 aromatic carbocycles. The molecular weight excluding hydrogens is 230 g/mol. The molecule has 0 bridgehead atoms. The highest BCUT2D eigenvalue weighted by atomic mass is 15.0. The summed E-state index contributed by atoms with van der Waals surface area (Å²) < 4.78 is 0. The van der Waals surface area contributed by atoms with Gasteiger partial charge < -0.3 is 5.32 Å². The molecule has 0 saturated carbocycles. The molecule has 0 atom stereocenters. The summed E-state index contributed by atoms with van der Waals surface area (Å²) in [6.07, 6.45) is 9.75. The van der Waals surface area contributed by atoms with Crippen molar-refractivity contribution in [3.8, 4) is 0 Å². The maximum Gasteiger partial charge on any atom is 0.0202 e. The third-order valence-electron chi connectivity index (χ3n) is 4.57. The lowest BCUT2D eigenvalue weighted by atomic mass is 9.71. The lowest BCUT2D eigenvalue weighted by molar-refractivity contribution is 0.249. The predicted molar refractivity (Wildman–Crippen MR) is 83.7 cm³/mol. The first-order valence-corrected chi connectivity index (χ1v) is 8.05. The summed E-state index contributed by atoms with van der Waals surface area (Å²) in [5.41, 5.74) is 3.39. The zero-order valence-corrected chi connectivity index (χ0v) is 12.7. The van der Waals surface area contributed by atoms with Crippen LogP contribution in [0.3, 0.4) is 0 Å². The molecule has 0 spiro atoms. The molecule has 1 fully saturated rings. The molecule has 0 aliphatic carbocycles. The molecule has 1 aliphatic heterocycles. The van der Waals surface area contributed by atoms with E-state index in [2.05, 4.69) is 43.4 Å². The second-order valence-electron chi connectivity index (χ2n) is 6.27. The van der Waals surface area contributed by atoms with E-state index < -0.39 is 0 Å². The lowest BCUT2D eigenvalue weighted by Crippen LogP contribution is -2.56. The molecule has 2 rings (SSSR count). The van der Waals surface area contributed by atoms with Crippen molar-refractivity contribution in [2.45, 2.75) is 64.2 Å². The van der Waals surface area contributed by atoms with E-state index in [-0.39, 0.29) is 0 Å². The van der Waals surface area contributed by atoms with Crippen molar-refractivity contribution < 1.29 is 0 Å². The maximum atomic E-state index is 3.48. The van der Waals surface area contributed by atoms with Crippen LogP contribution in [0.25, 0.3) is 0 Å².